The van der Waals surface area contributed by atoms with Crippen molar-refractivity contribution in [3.8, 4) is 0 Å². The van der Waals surface area contributed by atoms with Crippen molar-refractivity contribution >= 4 is 55.0 Å². The Morgan fingerprint density at radius 3 is 2.00 bits per heavy atom. The van der Waals surface area contributed by atoms with Crippen molar-refractivity contribution in [2.45, 2.75) is 0 Å². The first kappa shape index (κ1) is 16.0. The Balaban J connectivity index is 1.57. The molecule has 6 rings (SSSR count). The topological polar surface area (TPSA) is 37.8 Å². The second-order valence-electron chi connectivity index (χ2n) is 7.24. The highest BCUT2D eigenvalue weighted by Gasteiger charge is 2.09. The molecule has 29 heavy (non-hydrogen) atoms. The van der Waals surface area contributed by atoms with Gasteiger partial charge in [0.05, 0.1) is 22.1 Å². The summed E-state index contributed by atoms with van der Waals surface area (Å²) >= 11 is 0. The van der Waals surface area contributed by atoms with Gasteiger partial charge in [0.2, 0.25) is 0 Å². The van der Waals surface area contributed by atoms with Crippen molar-refractivity contribution in [3.63, 3.8) is 0 Å². The Bertz CT molecular complexity index is 1520. The van der Waals surface area contributed by atoms with Gasteiger partial charge in [0.1, 0.15) is 0 Å². The molecule has 3 nitrogen and oxygen atoms in total. The van der Waals surface area contributed by atoms with Gasteiger partial charge in [0.25, 0.3) is 0 Å². The van der Waals surface area contributed by atoms with Crippen molar-refractivity contribution < 1.29 is 0 Å². The average Bonchev–Trinajstić information content (AvgIpc) is 2.78. The van der Waals surface area contributed by atoms with Gasteiger partial charge in [-0.1, -0.05) is 60.7 Å². The molecule has 0 bridgehead atoms. The molecule has 1 N–H and O–H groups in total. The minimum Gasteiger partial charge on any atom is -0.356 e. The van der Waals surface area contributed by atoms with Crippen molar-refractivity contribution in [3.05, 3.63) is 97.1 Å². The van der Waals surface area contributed by atoms with Crippen LogP contribution in [0.3, 0.4) is 0 Å². The molecule has 0 aliphatic rings. The number of hydrogen-bond donors (Lipinski definition) is 1. The molecule has 0 spiro atoms. The van der Waals surface area contributed by atoms with Crippen LogP contribution in [-0.4, -0.2) is 9.97 Å². The molecule has 1 heterocycles. The number of anilines is 2. The fourth-order valence-electron chi connectivity index (χ4n) is 3.97. The fourth-order valence-corrected chi connectivity index (χ4v) is 3.97. The molecule has 0 saturated heterocycles. The molecule has 0 unspecified atom stereocenters. The first-order chi connectivity index (χ1) is 14.3. The summed E-state index contributed by atoms with van der Waals surface area (Å²) < 4.78 is 0. The molecular formula is C26H17N3. The molecule has 3 heteroatoms. The van der Waals surface area contributed by atoms with E-state index in [0.29, 0.717) is 0 Å². The molecule has 0 fully saturated rings. The number of rotatable bonds is 2. The van der Waals surface area contributed by atoms with E-state index in [2.05, 4.69) is 84.2 Å². The monoisotopic (exact) mass is 371 g/mol. The number of fused-ring (bicyclic) bond motifs is 6. The number of nitrogens with zero attached hydrogens (tertiary/aromatic N) is 2. The van der Waals surface area contributed by atoms with Crippen LogP contribution in [0.15, 0.2) is 97.1 Å². The second-order valence-corrected chi connectivity index (χ2v) is 7.24. The van der Waals surface area contributed by atoms with Crippen LogP contribution in [0.4, 0.5) is 11.4 Å². The highest BCUT2D eigenvalue weighted by atomic mass is 14.9. The van der Waals surface area contributed by atoms with Gasteiger partial charge in [-0.2, -0.15) is 0 Å². The van der Waals surface area contributed by atoms with Crippen LogP contribution in [0.1, 0.15) is 0 Å². The molecule has 136 valence electrons. The van der Waals surface area contributed by atoms with Crippen LogP contribution in [-0.2, 0) is 0 Å². The first-order valence-electron chi connectivity index (χ1n) is 9.69. The summed E-state index contributed by atoms with van der Waals surface area (Å²) in [7, 11) is 0. The van der Waals surface area contributed by atoms with Crippen LogP contribution < -0.4 is 5.32 Å². The van der Waals surface area contributed by atoms with E-state index in [4.69, 9.17) is 9.97 Å². The van der Waals surface area contributed by atoms with E-state index >= 15 is 0 Å². The lowest BCUT2D eigenvalue weighted by Crippen LogP contribution is -1.92. The summed E-state index contributed by atoms with van der Waals surface area (Å²) in [5.41, 5.74) is 5.88. The van der Waals surface area contributed by atoms with Gasteiger partial charge >= 0.3 is 0 Å². The largest absolute Gasteiger partial charge is 0.356 e. The maximum absolute atomic E-state index is 5.06. The lowest BCUT2D eigenvalue weighted by atomic mass is 10.1. The first-order valence-corrected chi connectivity index (χ1v) is 9.69. The molecular weight excluding hydrogens is 354 g/mol. The highest BCUT2D eigenvalue weighted by Crippen LogP contribution is 2.30. The quantitative estimate of drug-likeness (QED) is 0.268. The standard InChI is InChI=1S/C26H17N3/c1-2-7-19(8-3-1)27-20-12-13-22-18(16-20)11-15-24-26(22)29-25-21-9-5-4-6-17(21)10-14-23(25)28-24/h1-16,27H. The number of nitrogens with one attached hydrogen (secondary N) is 1. The molecule has 5 aromatic carbocycles. The Hall–Kier alpha value is -3.98. The summed E-state index contributed by atoms with van der Waals surface area (Å²) in [5.74, 6) is 0. The number of aromatic nitrogens is 2. The molecule has 0 atom stereocenters. The van der Waals surface area contributed by atoms with E-state index in [1.54, 1.807) is 0 Å². The van der Waals surface area contributed by atoms with E-state index in [0.717, 1.165) is 49.6 Å². The molecule has 0 radical (unpaired) electrons. The predicted octanol–water partition coefficient (Wildman–Crippen LogP) is 6.83. The maximum Gasteiger partial charge on any atom is 0.0973 e. The van der Waals surface area contributed by atoms with Crippen molar-refractivity contribution in [2.24, 2.45) is 0 Å². The average molecular weight is 371 g/mol. The van der Waals surface area contributed by atoms with Gasteiger partial charge in [-0.3, -0.25) is 0 Å². The lowest BCUT2D eigenvalue weighted by Gasteiger charge is -2.10. The van der Waals surface area contributed by atoms with Crippen molar-refractivity contribution in [2.75, 3.05) is 5.32 Å². The maximum atomic E-state index is 5.06. The zero-order chi connectivity index (χ0) is 19.2. The molecule has 0 aliphatic carbocycles. The van der Waals surface area contributed by atoms with Gasteiger partial charge < -0.3 is 5.32 Å². The summed E-state index contributed by atoms with van der Waals surface area (Å²) in [6, 6.07) is 33.3. The Kier molecular flexibility index (Phi) is 3.47. The van der Waals surface area contributed by atoms with Crippen molar-refractivity contribution in [1.29, 1.82) is 0 Å². The van der Waals surface area contributed by atoms with Gasteiger partial charge in [-0.15, -0.1) is 0 Å². The normalized spacial score (nSPS) is 11.4. The number of benzene rings is 5. The molecule has 0 aliphatic heterocycles. The van der Waals surface area contributed by atoms with Gasteiger partial charge in [0, 0.05) is 22.1 Å². The van der Waals surface area contributed by atoms with Crippen LogP contribution in [0.5, 0.6) is 0 Å². The minimum absolute atomic E-state index is 0.920. The Morgan fingerprint density at radius 2 is 1.17 bits per heavy atom. The van der Waals surface area contributed by atoms with Crippen LogP contribution in [0.2, 0.25) is 0 Å². The van der Waals surface area contributed by atoms with Crippen LogP contribution in [0.25, 0.3) is 43.6 Å². The molecule has 0 saturated carbocycles. The summed E-state index contributed by atoms with van der Waals surface area (Å²) in [5, 5.41) is 8.04. The molecule has 1 aromatic heterocycles. The van der Waals surface area contributed by atoms with E-state index in [1.807, 2.05) is 18.2 Å². The fraction of sp³-hybridized carbons (Fsp3) is 0. The van der Waals surface area contributed by atoms with Crippen LogP contribution >= 0.6 is 0 Å². The van der Waals surface area contributed by atoms with E-state index in [1.165, 1.54) is 5.39 Å². The third-order valence-corrected chi connectivity index (χ3v) is 5.38. The van der Waals surface area contributed by atoms with Gasteiger partial charge in [-0.25, -0.2) is 9.97 Å². The van der Waals surface area contributed by atoms with E-state index in [-0.39, 0.29) is 0 Å². The van der Waals surface area contributed by atoms with E-state index in [9.17, 15) is 0 Å². The van der Waals surface area contributed by atoms with Gasteiger partial charge in [-0.05, 0) is 47.2 Å². The Morgan fingerprint density at radius 1 is 0.483 bits per heavy atom. The third kappa shape index (κ3) is 2.67. The third-order valence-electron chi connectivity index (χ3n) is 5.38. The number of hydrogen-bond acceptors (Lipinski definition) is 3. The summed E-state index contributed by atoms with van der Waals surface area (Å²) in [4.78, 5) is 9.95. The molecule has 0 amide bonds. The SMILES string of the molecule is c1ccc(Nc2ccc3c(ccc4nc5ccc6ccccc6c5nc43)c2)cc1. The molecule has 6 aromatic rings. The summed E-state index contributed by atoms with van der Waals surface area (Å²) in [6.07, 6.45) is 0. The van der Waals surface area contributed by atoms with E-state index < -0.39 is 0 Å². The van der Waals surface area contributed by atoms with Gasteiger partial charge in [0.15, 0.2) is 0 Å². The predicted molar refractivity (Wildman–Crippen MR) is 122 cm³/mol. The van der Waals surface area contributed by atoms with Crippen molar-refractivity contribution in [1.82, 2.24) is 9.97 Å². The van der Waals surface area contributed by atoms with Crippen LogP contribution in [0, 0.1) is 0 Å². The number of para-hydroxylation sites is 1. The Labute approximate surface area is 167 Å². The minimum atomic E-state index is 0.920. The zero-order valence-electron chi connectivity index (χ0n) is 15.6. The highest BCUT2D eigenvalue weighted by molar-refractivity contribution is 6.11. The smallest absolute Gasteiger partial charge is 0.0973 e. The second kappa shape index (κ2) is 6.28. The lowest BCUT2D eigenvalue weighted by molar-refractivity contribution is 1.42. The zero-order valence-corrected chi connectivity index (χ0v) is 15.6. The summed E-state index contributed by atoms with van der Waals surface area (Å²) in [6.45, 7) is 0.